The predicted molar refractivity (Wildman–Crippen MR) is 109 cm³/mol. The SMILES string of the molecule is CCCc1cc2c(c(F)c1F)-c1c(cc(C3=CCC(CCCF)CC3)c(F)c1F)C2. The molecule has 0 saturated carbocycles. The van der Waals surface area contributed by atoms with Gasteiger partial charge in [0.2, 0.25) is 0 Å². The molecule has 0 saturated heterocycles. The summed E-state index contributed by atoms with van der Waals surface area (Å²) in [6, 6.07) is 3.18. The smallest absolute Gasteiger partial charge is 0.167 e. The molecule has 0 bridgehead atoms. The highest BCUT2D eigenvalue weighted by Gasteiger charge is 2.32. The number of benzene rings is 2. The Morgan fingerprint density at radius 3 is 2.27 bits per heavy atom. The minimum absolute atomic E-state index is 0.144. The van der Waals surface area contributed by atoms with Crippen LogP contribution in [0.15, 0.2) is 18.2 Å². The molecular formula is C25H25F5. The molecular weight excluding hydrogens is 395 g/mol. The van der Waals surface area contributed by atoms with Crippen LogP contribution in [-0.4, -0.2) is 6.67 Å². The van der Waals surface area contributed by atoms with Crippen LogP contribution >= 0.6 is 0 Å². The third-order valence-electron chi connectivity index (χ3n) is 6.41. The molecule has 1 atom stereocenters. The normalized spacial score (nSPS) is 17.7. The molecule has 0 amide bonds. The number of alkyl halides is 1. The lowest BCUT2D eigenvalue weighted by atomic mass is 9.83. The summed E-state index contributed by atoms with van der Waals surface area (Å²) in [7, 11) is 0. The van der Waals surface area contributed by atoms with Gasteiger partial charge >= 0.3 is 0 Å². The first-order valence-corrected chi connectivity index (χ1v) is 10.7. The number of hydrogen-bond acceptors (Lipinski definition) is 0. The third-order valence-corrected chi connectivity index (χ3v) is 6.41. The Kier molecular flexibility index (Phi) is 5.99. The highest BCUT2D eigenvalue weighted by molar-refractivity contribution is 5.81. The zero-order valence-corrected chi connectivity index (χ0v) is 17.1. The fraction of sp³-hybridized carbons (Fsp3) is 0.440. The van der Waals surface area contributed by atoms with E-state index in [-0.39, 0.29) is 35.3 Å². The van der Waals surface area contributed by atoms with Crippen molar-refractivity contribution in [2.45, 2.75) is 58.3 Å². The van der Waals surface area contributed by atoms with Gasteiger partial charge in [-0.3, -0.25) is 4.39 Å². The van der Waals surface area contributed by atoms with Gasteiger partial charge in [-0.15, -0.1) is 0 Å². The second kappa shape index (κ2) is 8.52. The molecule has 2 aliphatic carbocycles. The average Bonchev–Trinajstić information content (AvgIpc) is 3.12. The van der Waals surface area contributed by atoms with Crippen LogP contribution in [0, 0.1) is 29.2 Å². The summed E-state index contributed by atoms with van der Waals surface area (Å²) in [5.41, 5.74) is 1.92. The summed E-state index contributed by atoms with van der Waals surface area (Å²) in [6.07, 6.45) is 6.67. The Bertz CT molecular complexity index is 1010. The summed E-state index contributed by atoms with van der Waals surface area (Å²) in [5, 5.41) is 0. The van der Waals surface area contributed by atoms with E-state index in [1.165, 1.54) is 0 Å². The number of allylic oxidation sites excluding steroid dienone is 2. The lowest BCUT2D eigenvalue weighted by Gasteiger charge is -2.22. The van der Waals surface area contributed by atoms with Crippen molar-refractivity contribution in [3.63, 3.8) is 0 Å². The van der Waals surface area contributed by atoms with Gasteiger partial charge < -0.3 is 0 Å². The van der Waals surface area contributed by atoms with Crippen molar-refractivity contribution in [1.82, 2.24) is 0 Å². The fourth-order valence-electron chi connectivity index (χ4n) is 4.89. The second-order valence-corrected chi connectivity index (χ2v) is 8.41. The minimum atomic E-state index is -1.11. The van der Waals surface area contributed by atoms with E-state index in [1.807, 2.05) is 13.0 Å². The molecule has 2 aromatic rings. The predicted octanol–water partition coefficient (Wildman–Crippen LogP) is 7.70. The summed E-state index contributed by atoms with van der Waals surface area (Å²) in [6.45, 7) is 1.54. The van der Waals surface area contributed by atoms with Crippen molar-refractivity contribution in [2.24, 2.45) is 5.92 Å². The van der Waals surface area contributed by atoms with Crippen molar-refractivity contribution < 1.29 is 22.0 Å². The largest absolute Gasteiger partial charge is 0.251 e. The second-order valence-electron chi connectivity index (χ2n) is 8.41. The van der Waals surface area contributed by atoms with Crippen molar-refractivity contribution in [3.8, 4) is 11.1 Å². The molecule has 0 N–H and O–H groups in total. The van der Waals surface area contributed by atoms with Gasteiger partial charge in [0.1, 0.15) is 0 Å². The zero-order chi connectivity index (χ0) is 21.4. The molecule has 2 aliphatic rings. The maximum absolute atomic E-state index is 15.1. The van der Waals surface area contributed by atoms with E-state index >= 15 is 4.39 Å². The van der Waals surface area contributed by atoms with E-state index in [0.29, 0.717) is 49.1 Å². The quantitative estimate of drug-likeness (QED) is 0.359. The molecule has 5 heteroatoms. The molecule has 1 unspecified atom stereocenters. The summed E-state index contributed by atoms with van der Waals surface area (Å²) in [4.78, 5) is 0. The van der Waals surface area contributed by atoms with Crippen LogP contribution in [0.2, 0.25) is 0 Å². The van der Waals surface area contributed by atoms with E-state index in [0.717, 1.165) is 18.4 Å². The lowest BCUT2D eigenvalue weighted by Crippen LogP contribution is -2.08. The number of rotatable bonds is 6. The Morgan fingerprint density at radius 2 is 1.63 bits per heavy atom. The van der Waals surface area contributed by atoms with Gasteiger partial charge in [-0.25, -0.2) is 17.6 Å². The number of aryl methyl sites for hydroxylation is 1. The lowest BCUT2D eigenvalue weighted by molar-refractivity contribution is 0.385. The molecule has 4 rings (SSSR count). The summed E-state index contributed by atoms with van der Waals surface area (Å²) < 4.78 is 71.7. The van der Waals surface area contributed by atoms with Crippen LogP contribution in [-0.2, 0) is 12.8 Å². The monoisotopic (exact) mass is 420 g/mol. The molecule has 0 nitrogen and oxygen atoms in total. The fourth-order valence-corrected chi connectivity index (χ4v) is 4.89. The molecule has 2 aromatic carbocycles. The Morgan fingerprint density at radius 1 is 0.933 bits per heavy atom. The maximum atomic E-state index is 15.1. The van der Waals surface area contributed by atoms with Crippen LogP contribution in [0.25, 0.3) is 16.7 Å². The summed E-state index contributed by atoms with van der Waals surface area (Å²) >= 11 is 0. The van der Waals surface area contributed by atoms with Gasteiger partial charge in [-0.1, -0.05) is 25.5 Å². The summed E-state index contributed by atoms with van der Waals surface area (Å²) in [5.74, 6) is -3.81. The van der Waals surface area contributed by atoms with Crippen LogP contribution in [0.1, 0.15) is 67.7 Å². The van der Waals surface area contributed by atoms with E-state index in [2.05, 4.69) is 0 Å². The van der Waals surface area contributed by atoms with E-state index in [4.69, 9.17) is 0 Å². The van der Waals surface area contributed by atoms with Crippen molar-refractivity contribution in [2.75, 3.05) is 6.67 Å². The van der Waals surface area contributed by atoms with Gasteiger partial charge in [-0.05, 0) is 79.2 Å². The zero-order valence-electron chi connectivity index (χ0n) is 17.1. The molecule has 0 heterocycles. The van der Waals surface area contributed by atoms with E-state index in [9.17, 15) is 17.6 Å². The minimum Gasteiger partial charge on any atom is -0.251 e. The number of hydrogen-bond donors (Lipinski definition) is 0. The molecule has 30 heavy (non-hydrogen) atoms. The van der Waals surface area contributed by atoms with Gasteiger partial charge in [0.05, 0.1) is 6.67 Å². The molecule has 0 radical (unpaired) electrons. The number of fused-ring (bicyclic) bond motifs is 3. The van der Waals surface area contributed by atoms with Crippen LogP contribution in [0.3, 0.4) is 0 Å². The van der Waals surface area contributed by atoms with Gasteiger partial charge in [-0.2, -0.15) is 0 Å². The van der Waals surface area contributed by atoms with E-state index in [1.54, 1.807) is 12.1 Å². The first kappa shape index (κ1) is 21.1. The highest BCUT2D eigenvalue weighted by atomic mass is 19.2. The van der Waals surface area contributed by atoms with Crippen molar-refractivity contribution in [3.05, 3.63) is 63.7 Å². The van der Waals surface area contributed by atoms with Crippen LogP contribution < -0.4 is 0 Å². The van der Waals surface area contributed by atoms with Gasteiger partial charge in [0.25, 0.3) is 0 Å². The van der Waals surface area contributed by atoms with Gasteiger partial charge in [0.15, 0.2) is 23.3 Å². The average molecular weight is 420 g/mol. The topological polar surface area (TPSA) is 0 Å². The Labute approximate surface area is 173 Å². The first-order valence-electron chi connectivity index (χ1n) is 10.7. The van der Waals surface area contributed by atoms with Crippen molar-refractivity contribution >= 4 is 5.57 Å². The van der Waals surface area contributed by atoms with Gasteiger partial charge in [0, 0.05) is 16.7 Å². The molecule has 0 aliphatic heterocycles. The third kappa shape index (κ3) is 3.57. The first-order chi connectivity index (χ1) is 14.5. The molecule has 0 aromatic heterocycles. The Hall–Kier alpha value is -2.17. The van der Waals surface area contributed by atoms with Crippen LogP contribution in [0.5, 0.6) is 0 Å². The van der Waals surface area contributed by atoms with Crippen molar-refractivity contribution in [1.29, 1.82) is 0 Å². The molecule has 160 valence electrons. The molecule has 0 fully saturated rings. The highest BCUT2D eigenvalue weighted by Crippen LogP contribution is 2.45. The van der Waals surface area contributed by atoms with E-state index < -0.39 is 23.3 Å². The number of halogens is 5. The Balaban J connectivity index is 1.71. The molecule has 0 spiro atoms. The maximum Gasteiger partial charge on any atom is 0.167 e. The van der Waals surface area contributed by atoms with Crippen LogP contribution in [0.4, 0.5) is 22.0 Å². The standard InChI is InChI=1S/C25H25F5/c1-2-4-16-11-17-12-18-13-19(15-8-6-14(7-9-15)5-3-10-26)23(28)25(30)21(18)20(17)24(29)22(16)27/h8,11,13-14H,2-7,9-10,12H2,1H3.